The molecule has 4 N–H and O–H groups in total. The highest BCUT2D eigenvalue weighted by Crippen LogP contribution is 2.18. The molecule has 1 aliphatic heterocycles. The zero-order chi connectivity index (χ0) is 22.2. The minimum Gasteiger partial charge on any atom is -0.459 e. The molecule has 0 saturated carbocycles. The lowest BCUT2D eigenvalue weighted by atomic mass is 10.00. The molecule has 0 fully saturated rings. The van der Waals surface area contributed by atoms with Gasteiger partial charge in [0.15, 0.2) is 0 Å². The third kappa shape index (κ3) is 14.1. The van der Waals surface area contributed by atoms with Crippen molar-refractivity contribution >= 4 is 5.97 Å². The number of aliphatic hydroxyl groups excluding tert-OH is 4. The lowest BCUT2D eigenvalue weighted by Crippen LogP contribution is -2.26. The molecule has 0 aliphatic carbocycles. The molecule has 0 amide bonds. The van der Waals surface area contributed by atoms with Gasteiger partial charge in [-0.3, -0.25) is 0 Å². The van der Waals surface area contributed by atoms with Crippen molar-refractivity contribution in [1.82, 2.24) is 0 Å². The van der Waals surface area contributed by atoms with Crippen molar-refractivity contribution < 1.29 is 30.0 Å². The minimum absolute atomic E-state index is 0.245. The smallest absolute Gasteiger partial charge is 0.330 e. The highest BCUT2D eigenvalue weighted by Gasteiger charge is 2.20. The predicted octanol–water partition coefficient (Wildman–Crippen LogP) is 3.78. The fourth-order valence-corrected chi connectivity index (χ4v) is 4.01. The molecular weight excluding hydrogens is 384 g/mol. The molecule has 1 aliphatic rings. The van der Waals surface area contributed by atoms with Crippen molar-refractivity contribution in [2.24, 2.45) is 0 Å². The van der Waals surface area contributed by atoms with E-state index in [1.165, 1.54) is 50.7 Å². The third-order valence-electron chi connectivity index (χ3n) is 5.78. The van der Waals surface area contributed by atoms with Crippen molar-refractivity contribution in [3.63, 3.8) is 0 Å². The van der Waals surface area contributed by atoms with E-state index in [4.69, 9.17) is 4.74 Å². The topological polar surface area (TPSA) is 107 Å². The van der Waals surface area contributed by atoms with Crippen molar-refractivity contribution in [2.75, 3.05) is 0 Å². The van der Waals surface area contributed by atoms with Gasteiger partial charge in [0.1, 0.15) is 6.10 Å². The number of carbonyl (C=O) groups excluding carboxylic acids is 1. The van der Waals surface area contributed by atoms with Gasteiger partial charge in [-0.05, 0) is 38.7 Å². The van der Waals surface area contributed by atoms with Crippen LogP contribution in [-0.4, -0.2) is 56.9 Å². The number of carbonyl (C=O) groups is 1. The van der Waals surface area contributed by atoms with Crippen molar-refractivity contribution in [1.29, 1.82) is 0 Å². The summed E-state index contributed by atoms with van der Waals surface area (Å²) >= 11 is 0. The second-order valence-electron chi connectivity index (χ2n) is 8.92. The number of rotatable bonds is 4. The van der Waals surface area contributed by atoms with Crippen LogP contribution in [0.25, 0.3) is 0 Å². The first-order valence-corrected chi connectivity index (χ1v) is 12.0. The monoisotopic (exact) mass is 428 g/mol. The van der Waals surface area contributed by atoms with E-state index in [9.17, 15) is 25.2 Å². The maximum Gasteiger partial charge on any atom is 0.330 e. The Morgan fingerprint density at radius 1 is 0.900 bits per heavy atom. The van der Waals surface area contributed by atoms with Crippen molar-refractivity contribution in [2.45, 2.75) is 134 Å². The second-order valence-corrected chi connectivity index (χ2v) is 8.92. The Labute approximate surface area is 182 Å². The summed E-state index contributed by atoms with van der Waals surface area (Å²) in [6.07, 6.45) is 12.9. The zero-order valence-electron chi connectivity index (χ0n) is 18.8. The van der Waals surface area contributed by atoms with Crippen molar-refractivity contribution in [3.05, 3.63) is 12.2 Å². The van der Waals surface area contributed by atoms with Gasteiger partial charge in [0.2, 0.25) is 0 Å². The first-order chi connectivity index (χ1) is 14.4. The summed E-state index contributed by atoms with van der Waals surface area (Å²) in [5.74, 6) is -0.579. The number of ether oxygens (including phenoxy) is 1. The average molecular weight is 429 g/mol. The summed E-state index contributed by atoms with van der Waals surface area (Å²) in [5.41, 5.74) is 0. The number of hydrogen-bond acceptors (Lipinski definition) is 6. The highest BCUT2D eigenvalue weighted by molar-refractivity contribution is 5.82. The maximum absolute atomic E-state index is 12.2. The van der Waals surface area contributed by atoms with Crippen LogP contribution in [0.1, 0.15) is 103 Å². The number of cyclic esters (lactones) is 1. The molecule has 0 unspecified atom stereocenters. The van der Waals surface area contributed by atoms with E-state index in [-0.39, 0.29) is 12.8 Å². The molecule has 1 heterocycles. The summed E-state index contributed by atoms with van der Waals surface area (Å²) < 4.78 is 5.51. The molecule has 6 nitrogen and oxygen atoms in total. The Kier molecular flexibility index (Phi) is 15.1. The zero-order valence-corrected chi connectivity index (χ0v) is 18.8. The van der Waals surface area contributed by atoms with E-state index in [1.807, 2.05) is 0 Å². The Morgan fingerprint density at radius 3 is 1.93 bits per heavy atom. The lowest BCUT2D eigenvalue weighted by molar-refractivity contribution is -0.145. The summed E-state index contributed by atoms with van der Waals surface area (Å²) in [4.78, 5) is 12.2. The molecule has 0 aromatic carbocycles. The quantitative estimate of drug-likeness (QED) is 0.508. The first-order valence-electron chi connectivity index (χ1n) is 12.0. The fourth-order valence-electron chi connectivity index (χ4n) is 4.01. The van der Waals surface area contributed by atoms with E-state index in [0.29, 0.717) is 12.8 Å². The highest BCUT2D eigenvalue weighted by atomic mass is 16.5. The summed E-state index contributed by atoms with van der Waals surface area (Å²) in [5, 5.41) is 39.7. The molecule has 6 heteroatoms. The van der Waals surface area contributed by atoms with E-state index in [1.54, 1.807) is 6.92 Å². The normalized spacial score (nSPS) is 30.0. The fraction of sp³-hybridized carbons (Fsp3) is 0.875. The maximum atomic E-state index is 12.2. The van der Waals surface area contributed by atoms with E-state index >= 15 is 0 Å². The third-order valence-corrected chi connectivity index (χ3v) is 5.78. The van der Waals surface area contributed by atoms with Crippen LogP contribution in [0.4, 0.5) is 0 Å². The van der Waals surface area contributed by atoms with Gasteiger partial charge < -0.3 is 25.2 Å². The number of aliphatic hydroxyl groups is 4. The van der Waals surface area contributed by atoms with Gasteiger partial charge in [-0.15, -0.1) is 0 Å². The van der Waals surface area contributed by atoms with Gasteiger partial charge in [-0.1, -0.05) is 64.2 Å². The van der Waals surface area contributed by atoms with E-state index in [2.05, 4.69) is 0 Å². The molecule has 176 valence electrons. The summed E-state index contributed by atoms with van der Waals surface area (Å²) in [7, 11) is 0. The average Bonchev–Trinajstić information content (AvgIpc) is 2.67. The molecule has 30 heavy (non-hydrogen) atoms. The Bertz CT molecular complexity index is 465. The Hall–Kier alpha value is -0.950. The minimum atomic E-state index is -1.09. The molecule has 1 rings (SSSR count). The summed E-state index contributed by atoms with van der Waals surface area (Å²) in [6, 6.07) is 0. The second kappa shape index (κ2) is 16.7. The molecule has 0 aromatic heterocycles. The van der Waals surface area contributed by atoms with Crippen LogP contribution in [-0.2, 0) is 9.53 Å². The largest absolute Gasteiger partial charge is 0.459 e. The van der Waals surface area contributed by atoms with E-state index < -0.39 is 36.5 Å². The molecule has 5 atom stereocenters. The molecule has 0 radical (unpaired) electrons. The number of esters is 1. The van der Waals surface area contributed by atoms with E-state index in [0.717, 1.165) is 32.1 Å². The van der Waals surface area contributed by atoms with Gasteiger partial charge in [0.05, 0.1) is 24.4 Å². The molecule has 0 aromatic rings. The lowest BCUT2D eigenvalue weighted by Gasteiger charge is -2.21. The standard InChI is InChI=1S/C24H44O6/c1-19(25)17-20(26)18-21-13-11-9-7-5-3-2-4-6-8-10-12-14-22(27)23(28)15-16-24(29)30-21/h15-16,19-23,25-28H,2-14,17-18H2,1H3/b16-15+/t19-,20-,21+,22+,23-/m1/s1. The van der Waals surface area contributed by atoms with Crippen molar-refractivity contribution in [3.8, 4) is 0 Å². The SMILES string of the molecule is C[C@@H](O)C[C@@H](O)C[C@@H]1CCCCCCCCCCCCC[C@H](O)[C@H](O)/C=C/C(=O)O1. The van der Waals surface area contributed by atoms with Gasteiger partial charge in [0, 0.05) is 12.5 Å². The van der Waals surface area contributed by atoms with Gasteiger partial charge in [0.25, 0.3) is 0 Å². The van der Waals surface area contributed by atoms with Gasteiger partial charge in [-0.2, -0.15) is 0 Å². The molecule has 0 saturated heterocycles. The molecule has 0 spiro atoms. The molecule has 0 bridgehead atoms. The van der Waals surface area contributed by atoms with Crippen LogP contribution in [0.15, 0.2) is 12.2 Å². The van der Waals surface area contributed by atoms with Crippen LogP contribution in [0, 0.1) is 0 Å². The Morgan fingerprint density at radius 2 is 1.40 bits per heavy atom. The molecular formula is C24H44O6. The van der Waals surface area contributed by atoms with Crippen LogP contribution in [0.3, 0.4) is 0 Å². The van der Waals surface area contributed by atoms with Crippen LogP contribution < -0.4 is 0 Å². The Balaban J connectivity index is 2.64. The first kappa shape index (κ1) is 27.1. The summed E-state index contributed by atoms with van der Waals surface area (Å²) in [6.45, 7) is 1.62. The van der Waals surface area contributed by atoms with Gasteiger partial charge >= 0.3 is 5.97 Å². The van der Waals surface area contributed by atoms with Crippen LogP contribution in [0.2, 0.25) is 0 Å². The van der Waals surface area contributed by atoms with Crippen LogP contribution >= 0.6 is 0 Å². The van der Waals surface area contributed by atoms with Crippen LogP contribution in [0.5, 0.6) is 0 Å². The van der Waals surface area contributed by atoms with Gasteiger partial charge in [-0.25, -0.2) is 4.79 Å². The predicted molar refractivity (Wildman–Crippen MR) is 118 cm³/mol. The number of hydrogen-bond donors (Lipinski definition) is 4.